The fraction of sp³-hybridized carbons (Fsp3) is 0.962. The quantitative estimate of drug-likeness (QED) is 0.0698. The maximum Gasteiger partial charge on any atom is 0.472 e. The van der Waals surface area contributed by atoms with Gasteiger partial charge in [-0.1, -0.05) is 96.8 Å². The first-order valence-electron chi connectivity index (χ1n) is 14.2. The fourth-order valence-electron chi connectivity index (χ4n) is 4.11. The zero-order valence-electron chi connectivity index (χ0n) is 22.6. The van der Waals surface area contributed by atoms with Crippen LogP contribution in [0.15, 0.2) is 0 Å². The zero-order chi connectivity index (χ0) is 26.9. The van der Waals surface area contributed by atoms with E-state index in [2.05, 4.69) is 6.92 Å². The Morgan fingerprint density at radius 1 is 0.806 bits per heavy atom. The lowest BCUT2D eigenvalue weighted by Gasteiger charge is -2.27. The van der Waals surface area contributed by atoms with Crippen LogP contribution < -0.4 is 5.73 Å². The summed E-state index contributed by atoms with van der Waals surface area (Å²) < 4.78 is 28.1. The number of ether oxygens (including phenoxy) is 1. The van der Waals surface area contributed by atoms with E-state index in [-0.39, 0.29) is 32.8 Å². The second kappa shape index (κ2) is 24.8. The second-order valence-corrected chi connectivity index (χ2v) is 11.0. The van der Waals surface area contributed by atoms with Crippen molar-refractivity contribution in [3.05, 3.63) is 0 Å². The van der Waals surface area contributed by atoms with Gasteiger partial charge in [-0.25, -0.2) is 4.57 Å². The summed E-state index contributed by atoms with van der Waals surface area (Å²) in [6, 6.07) is 0. The van der Waals surface area contributed by atoms with Crippen molar-refractivity contribution in [1.29, 1.82) is 0 Å². The number of phosphoric acid groups is 1. The van der Waals surface area contributed by atoms with Gasteiger partial charge in [-0.05, 0) is 19.3 Å². The first-order chi connectivity index (χ1) is 17.4. The number of hydrogen-bond acceptors (Lipinski definition) is 7. The zero-order valence-corrected chi connectivity index (χ0v) is 23.5. The summed E-state index contributed by atoms with van der Waals surface area (Å²) in [5.41, 5.74) is 5.34. The van der Waals surface area contributed by atoms with E-state index in [9.17, 15) is 19.4 Å². The van der Waals surface area contributed by atoms with Gasteiger partial charge in [-0.3, -0.25) is 13.8 Å². The Hall–Kier alpha value is -0.540. The van der Waals surface area contributed by atoms with Crippen LogP contribution in [-0.2, 0) is 23.1 Å². The highest BCUT2D eigenvalue weighted by Gasteiger charge is 2.32. The summed E-state index contributed by atoms with van der Waals surface area (Å²) in [5.74, 6) is -0.869. The van der Waals surface area contributed by atoms with Gasteiger partial charge in [-0.15, -0.1) is 0 Å². The second-order valence-electron chi connectivity index (χ2n) is 9.56. The molecule has 0 amide bonds. The Labute approximate surface area is 219 Å². The monoisotopic (exact) mass is 539 g/mol. The Morgan fingerprint density at radius 2 is 1.33 bits per heavy atom. The van der Waals surface area contributed by atoms with Gasteiger partial charge in [0, 0.05) is 19.6 Å². The Balaban J connectivity index is 4.25. The van der Waals surface area contributed by atoms with Gasteiger partial charge in [0.1, 0.15) is 6.10 Å². The summed E-state index contributed by atoms with van der Waals surface area (Å²) in [6.07, 6.45) is 17.1. The van der Waals surface area contributed by atoms with Crippen LogP contribution in [-0.4, -0.2) is 59.6 Å². The standard InChI is InChI=1S/C26H54NO8P/c1-2-3-4-5-6-7-8-9-10-11-12-13-14-15-18-24(35-36(31,32)34-22-20-27)25(23-28)33-21-17-16-19-26(29)30/h24-25,28H,2-23,27H2,1H3,(H,29,30)(H,31,32)/t24-,25+/m1/s1. The SMILES string of the molecule is CCCCCCCCCCCCCCCC[C@@H](OP(=O)(O)OCCN)[C@H](CO)OCCCCC(=O)O. The number of hydrogen-bond donors (Lipinski definition) is 4. The third-order valence-corrected chi connectivity index (χ3v) is 7.24. The minimum Gasteiger partial charge on any atom is -0.481 e. The Morgan fingerprint density at radius 3 is 1.81 bits per heavy atom. The molecular weight excluding hydrogens is 485 g/mol. The molecule has 36 heavy (non-hydrogen) atoms. The number of unbranched alkanes of at least 4 members (excludes halogenated alkanes) is 14. The molecule has 0 aliphatic carbocycles. The molecule has 0 aliphatic rings. The molecule has 1 unspecified atom stereocenters. The lowest BCUT2D eigenvalue weighted by Crippen LogP contribution is -2.35. The van der Waals surface area contributed by atoms with E-state index < -0.39 is 26.0 Å². The molecule has 0 saturated carbocycles. The number of aliphatic hydroxyl groups is 1. The maximum absolute atomic E-state index is 12.3. The van der Waals surface area contributed by atoms with E-state index >= 15 is 0 Å². The Bertz CT molecular complexity index is 552. The highest BCUT2D eigenvalue weighted by Crippen LogP contribution is 2.45. The molecule has 0 spiro atoms. The van der Waals surface area contributed by atoms with Crippen LogP contribution in [0, 0.1) is 0 Å². The number of rotatable bonds is 28. The minimum absolute atomic E-state index is 0.0465. The van der Waals surface area contributed by atoms with Crippen LogP contribution in [0.3, 0.4) is 0 Å². The topological polar surface area (TPSA) is 149 Å². The van der Waals surface area contributed by atoms with E-state index in [1.807, 2.05) is 0 Å². The molecule has 0 bridgehead atoms. The van der Waals surface area contributed by atoms with E-state index in [1.54, 1.807) is 0 Å². The molecule has 0 aromatic carbocycles. The molecule has 0 radical (unpaired) electrons. The van der Waals surface area contributed by atoms with Crippen molar-refractivity contribution >= 4 is 13.8 Å². The van der Waals surface area contributed by atoms with Crippen molar-refractivity contribution in [2.45, 2.75) is 135 Å². The largest absolute Gasteiger partial charge is 0.481 e. The molecule has 9 nitrogen and oxygen atoms in total. The van der Waals surface area contributed by atoms with Crippen molar-refractivity contribution in [1.82, 2.24) is 0 Å². The molecule has 0 aliphatic heterocycles. The molecule has 0 heterocycles. The number of aliphatic carboxylic acids is 1. The normalized spacial score (nSPS) is 15.0. The number of nitrogens with two attached hydrogens (primary N) is 1. The predicted octanol–water partition coefficient (Wildman–Crippen LogP) is 5.95. The van der Waals surface area contributed by atoms with Crippen LogP contribution >= 0.6 is 7.82 Å². The number of carboxylic acids is 1. The third kappa shape index (κ3) is 22.6. The van der Waals surface area contributed by atoms with Crippen molar-refractivity contribution in [3.8, 4) is 0 Å². The van der Waals surface area contributed by atoms with E-state index in [0.29, 0.717) is 19.3 Å². The van der Waals surface area contributed by atoms with Crippen LogP contribution in [0.2, 0.25) is 0 Å². The summed E-state index contributed by atoms with van der Waals surface area (Å²) in [7, 11) is -4.33. The van der Waals surface area contributed by atoms with Crippen LogP contribution in [0.1, 0.15) is 122 Å². The summed E-state index contributed by atoms with van der Waals surface area (Å²) >= 11 is 0. The van der Waals surface area contributed by atoms with Gasteiger partial charge in [-0.2, -0.15) is 0 Å². The summed E-state index contributed by atoms with van der Waals surface area (Å²) in [5, 5.41) is 18.5. The van der Waals surface area contributed by atoms with Gasteiger partial charge < -0.3 is 25.6 Å². The molecule has 0 saturated heterocycles. The van der Waals surface area contributed by atoms with Crippen LogP contribution in [0.5, 0.6) is 0 Å². The molecule has 0 fully saturated rings. The molecule has 5 N–H and O–H groups in total. The molecule has 10 heteroatoms. The van der Waals surface area contributed by atoms with Crippen molar-refractivity contribution in [2.75, 3.05) is 26.4 Å². The fourth-order valence-corrected chi connectivity index (χ4v) is 5.09. The van der Waals surface area contributed by atoms with E-state index in [0.717, 1.165) is 19.3 Å². The van der Waals surface area contributed by atoms with Gasteiger partial charge >= 0.3 is 13.8 Å². The number of carbonyl (C=O) groups is 1. The molecule has 216 valence electrons. The average molecular weight is 540 g/mol. The predicted molar refractivity (Wildman–Crippen MR) is 143 cm³/mol. The Kier molecular flexibility index (Phi) is 24.4. The molecule has 0 aromatic rings. The highest BCUT2D eigenvalue weighted by molar-refractivity contribution is 7.47. The molecule has 0 rings (SSSR count). The highest BCUT2D eigenvalue weighted by atomic mass is 31.2. The summed E-state index contributed by atoms with van der Waals surface area (Å²) in [4.78, 5) is 20.6. The average Bonchev–Trinajstić information content (AvgIpc) is 2.84. The van der Waals surface area contributed by atoms with Crippen molar-refractivity contribution in [3.63, 3.8) is 0 Å². The molecule has 3 atom stereocenters. The van der Waals surface area contributed by atoms with Gasteiger partial charge in [0.25, 0.3) is 0 Å². The van der Waals surface area contributed by atoms with E-state index in [4.69, 9.17) is 24.6 Å². The summed E-state index contributed by atoms with van der Waals surface area (Å²) in [6.45, 7) is 2.07. The number of phosphoric ester groups is 1. The molecular formula is C26H54NO8P. The van der Waals surface area contributed by atoms with Crippen LogP contribution in [0.4, 0.5) is 0 Å². The van der Waals surface area contributed by atoms with Gasteiger partial charge in [0.05, 0.1) is 19.3 Å². The molecule has 0 aromatic heterocycles. The lowest BCUT2D eigenvalue weighted by atomic mass is 10.0. The van der Waals surface area contributed by atoms with Gasteiger partial charge in [0.2, 0.25) is 0 Å². The van der Waals surface area contributed by atoms with Crippen LogP contribution in [0.25, 0.3) is 0 Å². The maximum atomic E-state index is 12.3. The van der Waals surface area contributed by atoms with E-state index in [1.165, 1.54) is 70.6 Å². The van der Waals surface area contributed by atoms with Crippen molar-refractivity contribution in [2.24, 2.45) is 5.73 Å². The first kappa shape index (κ1) is 35.5. The number of carboxylic acid groups (broad SMARTS) is 1. The lowest BCUT2D eigenvalue weighted by molar-refractivity contribution is -0.137. The number of aliphatic hydroxyl groups excluding tert-OH is 1. The third-order valence-electron chi connectivity index (χ3n) is 6.19. The van der Waals surface area contributed by atoms with Crippen molar-refractivity contribution < 1.29 is 38.3 Å². The first-order valence-corrected chi connectivity index (χ1v) is 15.7. The minimum atomic E-state index is -4.33. The smallest absolute Gasteiger partial charge is 0.472 e. The van der Waals surface area contributed by atoms with Gasteiger partial charge in [0.15, 0.2) is 0 Å².